The first-order valence-electron chi connectivity index (χ1n) is 5.73. The number of pyridine rings is 1. The van der Waals surface area contributed by atoms with E-state index >= 15 is 0 Å². The topological polar surface area (TPSA) is 42.0 Å². The van der Waals surface area contributed by atoms with E-state index in [1.165, 1.54) is 0 Å². The van der Waals surface area contributed by atoms with Gasteiger partial charge in [0.15, 0.2) is 0 Å². The van der Waals surface area contributed by atoms with Gasteiger partial charge in [-0.1, -0.05) is 36.4 Å². The molecule has 0 spiro atoms. The molecular formula is C14H14N2OS. The van der Waals surface area contributed by atoms with Crippen molar-refractivity contribution in [1.82, 2.24) is 10.3 Å². The molecule has 0 atom stereocenters. The Labute approximate surface area is 112 Å². The van der Waals surface area contributed by atoms with Gasteiger partial charge in [-0.15, -0.1) is 0 Å². The summed E-state index contributed by atoms with van der Waals surface area (Å²) in [6.45, 7) is 0.541. The molecule has 1 N–H and O–H groups in total. The highest BCUT2D eigenvalue weighted by atomic mass is 32.1. The summed E-state index contributed by atoms with van der Waals surface area (Å²) in [7, 11) is 0. The van der Waals surface area contributed by atoms with Gasteiger partial charge in [0.25, 0.3) is 5.91 Å². The van der Waals surface area contributed by atoms with Crippen LogP contribution in [0.5, 0.6) is 0 Å². The molecule has 1 heterocycles. The Kier molecular flexibility index (Phi) is 4.36. The standard InChI is InChI=1S/C14H14N2OS/c17-14(15-9-10-18)13-8-4-7-12(16-13)11-5-2-1-3-6-11/h1-8,18H,9-10H2,(H,15,17). The fourth-order valence-electron chi connectivity index (χ4n) is 1.59. The van der Waals surface area contributed by atoms with Crippen molar-refractivity contribution in [2.24, 2.45) is 0 Å². The zero-order valence-corrected chi connectivity index (χ0v) is 10.7. The molecule has 18 heavy (non-hydrogen) atoms. The smallest absolute Gasteiger partial charge is 0.269 e. The Morgan fingerprint density at radius 2 is 1.89 bits per heavy atom. The number of hydrogen-bond acceptors (Lipinski definition) is 3. The van der Waals surface area contributed by atoms with Crippen LogP contribution in [-0.4, -0.2) is 23.2 Å². The van der Waals surface area contributed by atoms with Crippen LogP contribution >= 0.6 is 12.6 Å². The largest absolute Gasteiger partial charge is 0.350 e. The molecule has 0 aliphatic heterocycles. The first kappa shape index (κ1) is 12.6. The van der Waals surface area contributed by atoms with Crippen LogP contribution in [0, 0.1) is 0 Å². The van der Waals surface area contributed by atoms with Crippen LogP contribution in [0.15, 0.2) is 48.5 Å². The van der Waals surface area contributed by atoms with Gasteiger partial charge in [0.1, 0.15) is 5.69 Å². The molecule has 0 radical (unpaired) electrons. The number of nitrogens with one attached hydrogen (secondary N) is 1. The Bertz CT molecular complexity index is 528. The molecule has 1 aromatic carbocycles. The number of rotatable bonds is 4. The maximum Gasteiger partial charge on any atom is 0.269 e. The van der Waals surface area contributed by atoms with E-state index in [2.05, 4.69) is 22.9 Å². The van der Waals surface area contributed by atoms with Gasteiger partial charge in [-0.05, 0) is 12.1 Å². The minimum Gasteiger partial charge on any atom is -0.350 e. The Morgan fingerprint density at radius 3 is 2.61 bits per heavy atom. The lowest BCUT2D eigenvalue weighted by atomic mass is 10.1. The zero-order valence-electron chi connectivity index (χ0n) is 9.84. The number of hydrogen-bond donors (Lipinski definition) is 2. The van der Waals surface area contributed by atoms with Crippen molar-refractivity contribution >= 4 is 18.5 Å². The van der Waals surface area contributed by atoms with E-state index in [9.17, 15) is 4.79 Å². The van der Waals surface area contributed by atoms with Gasteiger partial charge in [-0.25, -0.2) is 4.98 Å². The van der Waals surface area contributed by atoms with E-state index in [4.69, 9.17) is 0 Å². The predicted molar refractivity (Wildman–Crippen MR) is 75.9 cm³/mol. The van der Waals surface area contributed by atoms with E-state index in [1.807, 2.05) is 42.5 Å². The van der Waals surface area contributed by atoms with Crippen molar-refractivity contribution in [1.29, 1.82) is 0 Å². The Balaban J connectivity index is 2.23. The van der Waals surface area contributed by atoms with Gasteiger partial charge in [-0.2, -0.15) is 12.6 Å². The number of thiol groups is 1. The fourth-order valence-corrected chi connectivity index (χ4v) is 1.70. The van der Waals surface area contributed by atoms with Gasteiger partial charge in [0.05, 0.1) is 5.69 Å². The molecule has 3 nitrogen and oxygen atoms in total. The van der Waals surface area contributed by atoms with Gasteiger partial charge in [-0.3, -0.25) is 4.79 Å². The summed E-state index contributed by atoms with van der Waals surface area (Å²) in [6.07, 6.45) is 0. The molecule has 0 bridgehead atoms. The predicted octanol–water partition coefficient (Wildman–Crippen LogP) is 2.41. The van der Waals surface area contributed by atoms with Crippen molar-refractivity contribution < 1.29 is 4.79 Å². The quantitative estimate of drug-likeness (QED) is 0.827. The number of carbonyl (C=O) groups excluding carboxylic acids is 1. The van der Waals surface area contributed by atoms with Crippen molar-refractivity contribution in [2.75, 3.05) is 12.3 Å². The number of carbonyl (C=O) groups is 1. The van der Waals surface area contributed by atoms with Crippen molar-refractivity contribution in [3.8, 4) is 11.3 Å². The minimum absolute atomic E-state index is 0.165. The van der Waals surface area contributed by atoms with E-state index in [-0.39, 0.29) is 5.91 Å². The van der Waals surface area contributed by atoms with Crippen LogP contribution in [0.1, 0.15) is 10.5 Å². The molecule has 0 aliphatic carbocycles. The molecule has 2 rings (SSSR count). The summed E-state index contributed by atoms with van der Waals surface area (Å²) in [4.78, 5) is 16.1. The van der Waals surface area contributed by atoms with Crippen molar-refractivity contribution in [3.63, 3.8) is 0 Å². The van der Waals surface area contributed by atoms with Crippen LogP contribution in [0.4, 0.5) is 0 Å². The van der Waals surface area contributed by atoms with Crippen molar-refractivity contribution in [2.45, 2.75) is 0 Å². The average molecular weight is 258 g/mol. The van der Waals surface area contributed by atoms with Gasteiger partial charge in [0, 0.05) is 17.9 Å². The number of benzene rings is 1. The summed E-state index contributed by atoms with van der Waals surface area (Å²) < 4.78 is 0. The maximum atomic E-state index is 11.8. The molecular weight excluding hydrogens is 244 g/mol. The van der Waals surface area contributed by atoms with E-state index in [0.717, 1.165) is 11.3 Å². The van der Waals surface area contributed by atoms with Crippen LogP contribution in [0.2, 0.25) is 0 Å². The van der Waals surface area contributed by atoms with Crippen molar-refractivity contribution in [3.05, 3.63) is 54.2 Å². The molecule has 0 fully saturated rings. The third-order valence-electron chi connectivity index (χ3n) is 2.45. The van der Waals surface area contributed by atoms with Gasteiger partial charge in [0.2, 0.25) is 0 Å². The van der Waals surface area contributed by atoms with Crippen LogP contribution in [0.25, 0.3) is 11.3 Å². The van der Waals surface area contributed by atoms with E-state index in [1.54, 1.807) is 6.07 Å². The van der Waals surface area contributed by atoms with Crippen LogP contribution < -0.4 is 5.32 Å². The average Bonchev–Trinajstić information content (AvgIpc) is 2.46. The summed E-state index contributed by atoms with van der Waals surface area (Å²) in [5, 5.41) is 2.75. The fraction of sp³-hybridized carbons (Fsp3) is 0.143. The Morgan fingerprint density at radius 1 is 1.11 bits per heavy atom. The second-order valence-corrected chi connectivity index (χ2v) is 4.20. The molecule has 0 saturated carbocycles. The van der Waals surface area contributed by atoms with Crippen LogP contribution in [-0.2, 0) is 0 Å². The summed E-state index contributed by atoms with van der Waals surface area (Å²) in [5.41, 5.74) is 2.23. The second-order valence-electron chi connectivity index (χ2n) is 3.75. The van der Waals surface area contributed by atoms with Gasteiger partial charge >= 0.3 is 0 Å². The summed E-state index contributed by atoms with van der Waals surface area (Å²) in [5.74, 6) is 0.450. The van der Waals surface area contributed by atoms with E-state index in [0.29, 0.717) is 18.0 Å². The number of nitrogens with zero attached hydrogens (tertiary/aromatic N) is 1. The molecule has 1 amide bonds. The molecule has 4 heteroatoms. The lowest BCUT2D eigenvalue weighted by Crippen LogP contribution is -2.26. The normalized spacial score (nSPS) is 10.1. The third kappa shape index (κ3) is 3.11. The first-order chi connectivity index (χ1) is 8.81. The Hall–Kier alpha value is -1.81. The first-order valence-corrected chi connectivity index (χ1v) is 6.36. The number of amides is 1. The molecule has 0 saturated heterocycles. The molecule has 0 aliphatic rings. The highest BCUT2D eigenvalue weighted by molar-refractivity contribution is 7.80. The third-order valence-corrected chi connectivity index (χ3v) is 2.67. The summed E-state index contributed by atoms with van der Waals surface area (Å²) in [6, 6.07) is 15.2. The van der Waals surface area contributed by atoms with Gasteiger partial charge < -0.3 is 5.32 Å². The minimum atomic E-state index is -0.165. The molecule has 2 aromatic rings. The molecule has 92 valence electrons. The lowest BCUT2D eigenvalue weighted by molar-refractivity contribution is 0.0951. The van der Waals surface area contributed by atoms with E-state index < -0.39 is 0 Å². The SMILES string of the molecule is O=C(NCCS)c1cccc(-c2ccccc2)n1. The molecule has 0 unspecified atom stereocenters. The highest BCUT2D eigenvalue weighted by Crippen LogP contribution is 2.16. The monoisotopic (exact) mass is 258 g/mol. The lowest BCUT2D eigenvalue weighted by Gasteiger charge is -2.05. The highest BCUT2D eigenvalue weighted by Gasteiger charge is 2.07. The molecule has 1 aromatic heterocycles. The number of aromatic nitrogens is 1. The maximum absolute atomic E-state index is 11.8. The second kappa shape index (κ2) is 6.21. The summed E-state index contributed by atoms with van der Waals surface area (Å²) >= 11 is 4.05. The zero-order chi connectivity index (χ0) is 12.8. The van der Waals surface area contributed by atoms with Crippen LogP contribution in [0.3, 0.4) is 0 Å².